The largest absolute Gasteiger partial charge is 0.398 e. The van der Waals surface area contributed by atoms with Gasteiger partial charge in [0, 0.05) is 42.3 Å². The molecule has 0 aliphatic carbocycles. The van der Waals surface area contributed by atoms with Crippen molar-refractivity contribution in [2.75, 3.05) is 50.4 Å². The van der Waals surface area contributed by atoms with Crippen LogP contribution in [0.1, 0.15) is 6.42 Å². The van der Waals surface area contributed by atoms with E-state index < -0.39 is 0 Å². The van der Waals surface area contributed by atoms with E-state index in [0.29, 0.717) is 0 Å². The predicted molar refractivity (Wildman–Crippen MR) is 86.5 cm³/mol. The van der Waals surface area contributed by atoms with Crippen LogP contribution in [0.25, 0.3) is 10.8 Å². The average molecular weight is 286 g/mol. The Morgan fingerprint density at radius 3 is 2.90 bits per heavy atom. The number of nitrogen functional groups attached to an aromatic ring is 1. The van der Waals surface area contributed by atoms with E-state index in [1.807, 2.05) is 24.4 Å². The van der Waals surface area contributed by atoms with Gasteiger partial charge < -0.3 is 15.8 Å². The number of pyridine rings is 1. The Hall–Kier alpha value is -1.85. The smallest absolute Gasteiger partial charge is 0.133 e. The predicted octanol–water partition coefficient (Wildman–Crippen LogP) is 1.95. The van der Waals surface area contributed by atoms with E-state index in [0.717, 1.165) is 68.1 Å². The Bertz CT molecular complexity index is 596. The lowest BCUT2D eigenvalue weighted by molar-refractivity contribution is 0.0378. The van der Waals surface area contributed by atoms with Gasteiger partial charge >= 0.3 is 0 Å². The first kappa shape index (κ1) is 14.1. The SMILES string of the molecule is Nc1cccc2c(NCCCN3CCOCC3)nccc12. The van der Waals surface area contributed by atoms with Crippen molar-refractivity contribution in [3.05, 3.63) is 30.5 Å². The molecule has 3 rings (SSSR count). The quantitative estimate of drug-likeness (QED) is 0.650. The van der Waals surface area contributed by atoms with E-state index in [1.165, 1.54) is 0 Å². The summed E-state index contributed by atoms with van der Waals surface area (Å²) >= 11 is 0. The molecule has 0 unspecified atom stereocenters. The van der Waals surface area contributed by atoms with E-state index in [-0.39, 0.29) is 0 Å². The number of anilines is 2. The minimum Gasteiger partial charge on any atom is -0.398 e. The number of nitrogens with one attached hydrogen (secondary N) is 1. The molecule has 1 aliphatic heterocycles. The van der Waals surface area contributed by atoms with Crippen LogP contribution < -0.4 is 11.1 Å². The van der Waals surface area contributed by atoms with Gasteiger partial charge in [0.15, 0.2) is 0 Å². The van der Waals surface area contributed by atoms with E-state index in [4.69, 9.17) is 10.5 Å². The van der Waals surface area contributed by atoms with E-state index in [9.17, 15) is 0 Å². The summed E-state index contributed by atoms with van der Waals surface area (Å²) in [6.07, 6.45) is 2.91. The second-order valence-corrected chi connectivity index (χ2v) is 5.34. The number of benzene rings is 1. The Morgan fingerprint density at radius 2 is 2.05 bits per heavy atom. The highest BCUT2D eigenvalue weighted by molar-refractivity contribution is 5.99. The molecule has 1 fully saturated rings. The molecule has 0 atom stereocenters. The molecule has 0 saturated carbocycles. The third kappa shape index (κ3) is 3.43. The van der Waals surface area contributed by atoms with Gasteiger partial charge in [-0.05, 0) is 25.1 Å². The number of hydrogen-bond donors (Lipinski definition) is 2. The maximum Gasteiger partial charge on any atom is 0.133 e. The number of rotatable bonds is 5. The molecule has 1 aromatic carbocycles. The number of nitrogens with zero attached hydrogens (tertiary/aromatic N) is 2. The average Bonchev–Trinajstić information content (AvgIpc) is 2.53. The number of aromatic nitrogens is 1. The van der Waals surface area contributed by atoms with Crippen molar-refractivity contribution >= 4 is 22.3 Å². The summed E-state index contributed by atoms with van der Waals surface area (Å²) in [4.78, 5) is 6.88. The van der Waals surface area contributed by atoms with Crippen molar-refractivity contribution in [2.45, 2.75) is 6.42 Å². The molecule has 2 heterocycles. The van der Waals surface area contributed by atoms with Crippen LogP contribution in [0.2, 0.25) is 0 Å². The molecule has 0 bridgehead atoms. The molecule has 2 aromatic rings. The van der Waals surface area contributed by atoms with Gasteiger partial charge in [0.05, 0.1) is 13.2 Å². The summed E-state index contributed by atoms with van der Waals surface area (Å²) in [6.45, 7) is 5.82. The summed E-state index contributed by atoms with van der Waals surface area (Å²) in [6, 6.07) is 7.91. The van der Waals surface area contributed by atoms with Gasteiger partial charge in [-0.2, -0.15) is 0 Å². The molecular weight excluding hydrogens is 264 g/mol. The zero-order valence-corrected chi connectivity index (χ0v) is 12.2. The molecule has 112 valence electrons. The van der Waals surface area contributed by atoms with Crippen LogP contribution >= 0.6 is 0 Å². The molecule has 0 spiro atoms. The molecule has 5 heteroatoms. The van der Waals surface area contributed by atoms with Crippen LogP contribution in [-0.2, 0) is 4.74 Å². The topological polar surface area (TPSA) is 63.4 Å². The van der Waals surface area contributed by atoms with Crippen molar-refractivity contribution in [1.82, 2.24) is 9.88 Å². The highest BCUT2D eigenvalue weighted by atomic mass is 16.5. The van der Waals surface area contributed by atoms with Gasteiger partial charge in [0.1, 0.15) is 5.82 Å². The Balaban J connectivity index is 1.57. The molecular formula is C16H22N4O. The van der Waals surface area contributed by atoms with Crippen LogP contribution in [0.15, 0.2) is 30.5 Å². The summed E-state index contributed by atoms with van der Waals surface area (Å²) in [7, 11) is 0. The van der Waals surface area contributed by atoms with Crippen molar-refractivity contribution in [1.29, 1.82) is 0 Å². The van der Waals surface area contributed by atoms with Crippen LogP contribution in [-0.4, -0.2) is 49.3 Å². The Kier molecular flexibility index (Phi) is 4.52. The molecule has 1 saturated heterocycles. The van der Waals surface area contributed by atoms with E-state index >= 15 is 0 Å². The zero-order chi connectivity index (χ0) is 14.5. The van der Waals surface area contributed by atoms with Crippen molar-refractivity contribution in [2.24, 2.45) is 0 Å². The molecule has 21 heavy (non-hydrogen) atoms. The fourth-order valence-corrected chi connectivity index (χ4v) is 2.71. The Morgan fingerprint density at radius 1 is 1.19 bits per heavy atom. The fourth-order valence-electron chi connectivity index (χ4n) is 2.71. The first-order valence-corrected chi connectivity index (χ1v) is 7.52. The number of fused-ring (bicyclic) bond motifs is 1. The molecule has 0 amide bonds. The van der Waals surface area contributed by atoms with Gasteiger partial charge in [-0.3, -0.25) is 4.90 Å². The third-order valence-electron chi connectivity index (χ3n) is 3.89. The number of hydrogen-bond acceptors (Lipinski definition) is 5. The van der Waals surface area contributed by atoms with Crippen LogP contribution in [0, 0.1) is 0 Å². The molecule has 3 N–H and O–H groups in total. The highest BCUT2D eigenvalue weighted by Gasteiger charge is 2.09. The number of ether oxygens (including phenoxy) is 1. The molecule has 5 nitrogen and oxygen atoms in total. The van der Waals surface area contributed by atoms with Crippen molar-refractivity contribution < 1.29 is 4.74 Å². The summed E-state index contributed by atoms with van der Waals surface area (Å²) in [5, 5.41) is 5.58. The zero-order valence-electron chi connectivity index (χ0n) is 12.2. The number of nitrogens with two attached hydrogens (primary N) is 1. The Labute approximate surface area is 125 Å². The molecule has 1 aromatic heterocycles. The maximum absolute atomic E-state index is 6.00. The third-order valence-corrected chi connectivity index (χ3v) is 3.89. The van der Waals surface area contributed by atoms with E-state index in [2.05, 4.69) is 21.3 Å². The summed E-state index contributed by atoms with van der Waals surface area (Å²) < 4.78 is 5.36. The minimum atomic E-state index is 0.797. The first-order chi connectivity index (χ1) is 10.3. The lowest BCUT2D eigenvalue weighted by Gasteiger charge is -2.26. The van der Waals surface area contributed by atoms with Crippen LogP contribution in [0.3, 0.4) is 0 Å². The second-order valence-electron chi connectivity index (χ2n) is 5.34. The van der Waals surface area contributed by atoms with Crippen LogP contribution in [0.5, 0.6) is 0 Å². The lowest BCUT2D eigenvalue weighted by Crippen LogP contribution is -2.37. The van der Waals surface area contributed by atoms with Gasteiger partial charge in [-0.15, -0.1) is 0 Å². The van der Waals surface area contributed by atoms with E-state index in [1.54, 1.807) is 0 Å². The minimum absolute atomic E-state index is 0.797. The highest BCUT2D eigenvalue weighted by Crippen LogP contribution is 2.25. The number of morpholine rings is 1. The first-order valence-electron chi connectivity index (χ1n) is 7.52. The lowest BCUT2D eigenvalue weighted by atomic mass is 10.1. The van der Waals surface area contributed by atoms with Crippen molar-refractivity contribution in [3.8, 4) is 0 Å². The molecule has 1 aliphatic rings. The monoisotopic (exact) mass is 286 g/mol. The van der Waals surface area contributed by atoms with Gasteiger partial charge in [0.25, 0.3) is 0 Å². The second kappa shape index (κ2) is 6.74. The maximum atomic E-state index is 6.00. The summed E-state index contributed by atoms with van der Waals surface area (Å²) in [5.41, 5.74) is 6.80. The molecule has 0 radical (unpaired) electrons. The van der Waals surface area contributed by atoms with Crippen molar-refractivity contribution in [3.63, 3.8) is 0 Å². The van der Waals surface area contributed by atoms with Gasteiger partial charge in [-0.1, -0.05) is 12.1 Å². The van der Waals surface area contributed by atoms with Gasteiger partial charge in [-0.25, -0.2) is 4.98 Å². The fraction of sp³-hybridized carbons (Fsp3) is 0.438. The van der Waals surface area contributed by atoms with Gasteiger partial charge in [0.2, 0.25) is 0 Å². The van der Waals surface area contributed by atoms with Crippen LogP contribution in [0.4, 0.5) is 11.5 Å². The summed E-state index contributed by atoms with van der Waals surface area (Å²) in [5.74, 6) is 0.918. The standard InChI is InChI=1S/C16H22N4O/c17-15-4-1-3-14-13(15)5-7-19-16(14)18-6-2-8-20-9-11-21-12-10-20/h1,3-5,7H,2,6,8-12,17H2,(H,18,19). The normalized spacial score (nSPS) is 16.2.